The fourth-order valence-electron chi connectivity index (χ4n) is 11.9. The highest BCUT2D eigenvalue weighted by atomic mass is 16.5. The summed E-state index contributed by atoms with van der Waals surface area (Å²) in [5.41, 5.74) is 1.62. The Balaban J connectivity index is 0.00000240. The second-order valence-corrected chi connectivity index (χ2v) is 15.2. The van der Waals surface area contributed by atoms with Gasteiger partial charge in [-0.2, -0.15) is 0 Å². The van der Waals surface area contributed by atoms with Gasteiger partial charge in [0.25, 0.3) is 0 Å². The van der Waals surface area contributed by atoms with E-state index in [1.54, 1.807) is 6.92 Å². The molecule has 7 rings (SSSR count). The number of hydrogen-bond acceptors (Lipinski definition) is 3. The van der Waals surface area contributed by atoms with Crippen LogP contribution in [0.2, 0.25) is 0 Å². The van der Waals surface area contributed by atoms with Gasteiger partial charge >= 0.3 is 0 Å². The van der Waals surface area contributed by atoms with Crippen LogP contribution in [0.5, 0.6) is 0 Å². The Kier molecular flexibility index (Phi) is 5.03. The summed E-state index contributed by atoms with van der Waals surface area (Å²) >= 11 is 0. The molecule has 0 aromatic rings. The number of carbonyl (C=O) groups excluding carboxylic acids is 1. The molecular formula is C31H51NO3. The molecule has 10 atom stereocenters. The maximum atomic E-state index is 12.4. The predicted molar refractivity (Wildman–Crippen MR) is 139 cm³/mol. The first-order chi connectivity index (χ1) is 16.6. The Labute approximate surface area is 214 Å². The van der Waals surface area contributed by atoms with Crippen LogP contribution in [0.15, 0.2) is 0 Å². The van der Waals surface area contributed by atoms with Crippen molar-refractivity contribution < 1.29 is 16.1 Å². The lowest BCUT2D eigenvalue weighted by atomic mass is 9.46. The van der Waals surface area contributed by atoms with E-state index in [1.165, 1.54) is 70.6 Å². The first kappa shape index (κ1) is 23.5. The number of rotatable bonds is 3. The topological polar surface area (TPSA) is 49.8 Å². The van der Waals surface area contributed by atoms with Gasteiger partial charge in [0.05, 0.1) is 18.3 Å². The third-order valence-electron chi connectivity index (χ3n) is 14.0. The van der Waals surface area contributed by atoms with E-state index in [9.17, 15) is 9.90 Å². The van der Waals surface area contributed by atoms with Crippen LogP contribution < -0.4 is 0 Å². The van der Waals surface area contributed by atoms with Crippen molar-refractivity contribution >= 4 is 5.91 Å². The van der Waals surface area contributed by atoms with Gasteiger partial charge in [-0.3, -0.25) is 4.79 Å². The van der Waals surface area contributed by atoms with Crippen molar-refractivity contribution in [1.29, 1.82) is 0 Å². The van der Waals surface area contributed by atoms with Crippen molar-refractivity contribution in [3.05, 3.63) is 0 Å². The van der Waals surface area contributed by atoms with Crippen LogP contribution in [0.4, 0.5) is 0 Å². The van der Waals surface area contributed by atoms with Gasteiger partial charge in [0.15, 0.2) is 0 Å². The zero-order valence-electron chi connectivity index (χ0n) is 22.7. The molecule has 6 aliphatic carbocycles. The Bertz CT molecular complexity index is 904. The molecule has 0 bridgehead atoms. The molecule has 1 heterocycles. The summed E-state index contributed by atoms with van der Waals surface area (Å²) < 4.78 is 6.92. The average molecular weight is 486 g/mol. The van der Waals surface area contributed by atoms with E-state index >= 15 is 0 Å². The first-order valence-corrected chi connectivity index (χ1v) is 15.2. The van der Waals surface area contributed by atoms with Gasteiger partial charge in [-0.25, -0.2) is 0 Å². The molecule has 7 unspecified atom stereocenters. The average Bonchev–Trinajstić information content (AvgIpc) is 3.35. The van der Waals surface area contributed by atoms with Crippen LogP contribution in [0.25, 0.3) is 0 Å². The van der Waals surface area contributed by atoms with Crippen LogP contribution in [-0.4, -0.2) is 46.8 Å². The van der Waals surface area contributed by atoms with Crippen LogP contribution in [0.3, 0.4) is 0 Å². The number of aliphatic hydroxyl groups is 1. The SMILES string of the molecule is CC(=O)N(CC1CCC2C(CC3C4CCC5C(C)(C)[C@@H](O)CCC56C[C@@]46CC[C@]23C)O1)C1CCC1.[HH]. The van der Waals surface area contributed by atoms with Gasteiger partial charge in [0.1, 0.15) is 0 Å². The van der Waals surface area contributed by atoms with E-state index in [4.69, 9.17) is 4.74 Å². The van der Waals surface area contributed by atoms with Gasteiger partial charge in [0, 0.05) is 20.9 Å². The molecule has 1 amide bonds. The van der Waals surface area contributed by atoms with E-state index in [1.807, 2.05) is 0 Å². The number of ether oxygens (including phenoxy) is 1. The molecule has 1 N–H and O–H groups in total. The summed E-state index contributed by atoms with van der Waals surface area (Å²) in [7, 11) is 0. The minimum Gasteiger partial charge on any atom is -0.393 e. The van der Waals surface area contributed by atoms with E-state index in [0.29, 0.717) is 40.2 Å². The second kappa shape index (κ2) is 7.49. The Morgan fingerprint density at radius 3 is 2.43 bits per heavy atom. The first-order valence-electron chi connectivity index (χ1n) is 15.2. The largest absolute Gasteiger partial charge is 0.393 e. The Hall–Kier alpha value is -0.610. The normalized spacial score (nSPS) is 53.8. The number of fused-ring (bicyclic) bond motifs is 4. The van der Waals surface area contributed by atoms with Crippen molar-refractivity contribution in [2.45, 2.75) is 136 Å². The summed E-state index contributed by atoms with van der Waals surface area (Å²) in [6, 6.07) is 0.469. The Morgan fingerprint density at radius 2 is 1.71 bits per heavy atom. The summed E-state index contributed by atoms with van der Waals surface area (Å²) in [6.07, 6.45) is 17.1. The lowest BCUT2D eigenvalue weighted by Gasteiger charge is -2.59. The lowest BCUT2D eigenvalue weighted by Crippen LogP contribution is -2.54. The van der Waals surface area contributed by atoms with Crippen molar-refractivity contribution in [1.82, 2.24) is 4.90 Å². The molecule has 1 aliphatic heterocycles. The third kappa shape index (κ3) is 2.96. The molecule has 4 nitrogen and oxygen atoms in total. The molecule has 1 saturated heterocycles. The highest BCUT2D eigenvalue weighted by Gasteiger charge is 2.80. The fraction of sp³-hybridized carbons (Fsp3) is 0.968. The van der Waals surface area contributed by atoms with Gasteiger partial charge in [-0.15, -0.1) is 0 Å². The van der Waals surface area contributed by atoms with Gasteiger partial charge in [-0.1, -0.05) is 20.8 Å². The smallest absolute Gasteiger partial charge is 0.219 e. The summed E-state index contributed by atoms with van der Waals surface area (Å²) in [4.78, 5) is 14.5. The van der Waals surface area contributed by atoms with Crippen molar-refractivity contribution in [3.63, 3.8) is 0 Å². The van der Waals surface area contributed by atoms with Crippen molar-refractivity contribution in [2.75, 3.05) is 6.54 Å². The molecular weight excluding hydrogens is 434 g/mol. The number of nitrogens with zero attached hydrogens (tertiary/aromatic N) is 1. The number of hydrogen-bond donors (Lipinski definition) is 1. The third-order valence-corrected chi connectivity index (χ3v) is 14.0. The maximum Gasteiger partial charge on any atom is 0.219 e. The maximum absolute atomic E-state index is 12.4. The van der Waals surface area contributed by atoms with E-state index in [-0.39, 0.29) is 25.0 Å². The molecule has 0 radical (unpaired) electrons. The molecule has 2 spiro atoms. The fourth-order valence-corrected chi connectivity index (χ4v) is 11.9. The lowest BCUT2D eigenvalue weighted by molar-refractivity contribution is -0.144. The molecule has 7 fully saturated rings. The highest BCUT2D eigenvalue weighted by Crippen LogP contribution is 2.87. The van der Waals surface area contributed by atoms with E-state index < -0.39 is 0 Å². The molecule has 4 heteroatoms. The zero-order chi connectivity index (χ0) is 24.4. The summed E-state index contributed by atoms with van der Waals surface area (Å²) in [5.74, 6) is 3.36. The minimum absolute atomic E-state index is 0. The van der Waals surface area contributed by atoms with Crippen LogP contribution >= 0.6 is 0 Å². The monoisotopic (exact) mass is 485 g/mol. The minimum atomic E-state index is -0.115. The van der Waals surface area contributed by atoms with Crippen LogP contribution in [-0.2, 0) is 9.53 Å². The van der Waals surface area contributed by atoms with Crippen molar-refractivity contribution in [3.8, 4) is 0 Å². The molecule has 0 aromatic heterocycles. The second-order valence-electron chi connectivity index (χ2n) is 15.2. The number of amides is 1. The molecule has 35 heavy (non-hydrogen) atoms. The van der Waals surface area contributed by atoms with Crippen LogP contribution in [0, 0.1) is 45.3 Å². The summed E-state index contributed by atoms with van der Waals surface area (Å²) in [6.45, 7) is 9.95. The predicted octanol–water partition coefficient (Wildman–Crippen LogP) is 6.20. The van der Waals surface area contributed by atoms with Crippen molar-refractivity contribution in [2.24, 2.45) is 45.3 Å². The molecule has 7 aliphatic rings. The van der Waals surface area contributed by atoms with E-state index in [0.717, 1.165) is 31.2 Å². The Morgan fingerprint density at radius 1 is 0.943 bits per heavy atom. The van der Waals surface area contributed by atoms with Crippen LogP contribution in [0.1, 0.15) is 113 Å². The standard InChI is InChI=1S/C31H49NO3.H2/c1-19(33)32(20-6-5-7-20)17-21-8-9-23-25(35-21)16-24-22-10-11-26-28(2,3)27(34)12-13-31(26)18-30(22,31)15-14-29(23,24)4;/h20-27,34H,5-18H2,1-4H3;1H/t21?,22?,23?,24?,25?,26?,27-,29+,30-,31?;/m0./s1. The number of carbonyl (C=O) groups is 1. The van der Waals surface area contributed by atoms with E-state index in [2.05, 4.69) is 25.7 Å². The van der Waals surface area contributed by atoms with Gasteiger partial charge < -0.3 is 14.7 Å². The molecule has 6 saturated carbocycles. The highest BCUT2D eigenvalue weighted by molar-refractivity contribution is 5.73. The van der Waals surface area contributed by atoms with Gasteiger partial charge in [0.2, 0.25) is 5.91 Å². The van der Waals surface area contributed by atoms with Gasteiger partial charge in [-0.05, 0) is 129 Å². The zero-order valence-corrected chi connectivity index (χ0v) is 22.7. The quantitative estimate of drug-likeness (QED) is 0.518. The number of aliphatic hydroxyl groups excluding tert-OH is 1. The molecule has 198 valence electrons. The molecule has 0 aromatic carbocycles. The summed E-state index contributed by atoms with van der Waals surface area (Å²) in [5, 5.41) is 10.9.